The van der Waals surface area contributed by atoms with Gasteiger partial charge in [0.25, 0.3) is 0 Å². The molecule has 382 valence electrons. The zero-order valence-corrected chi connectivity index (χ0v) is 44.0. The first-order valence-corrected chi connectivity index (χ1v) is 30.0. The standard InChI is InChI=1S/C60H118O4/c1-64-60(63)58-56-54-52-50-48-46-44-42-40-38-36-34-32-30-28-26-24-22-20-18-16-14-12-10-8-6-4-2-3-5-7-9-11-13-15-17-19-21-23-25-27-29-31-33-35-37-39-41-43-45-47-49-51-53-55-57-59(61)62/h2-58H2,1H3,(H,61,62). The number of ether oxygens (including phenoxy) is 1. The molecule has 0 bridgehead atoms. The highest BCUT2D eigenvalue weighted by molar-refractivity contribution is 5.69. The molecular weight excluding hydrogens is 785 g/mol. The minimum Gasteiger partial charge on any atom is -0.481 e. The van der Waals surface area contributed by atoms with Gasteiger partial charge in [-0.25, -0.2) is 0 Å². The molecule has 0 amide bonds. The number of aliphatic carboxylic acids is 1. The molecule has 0 aliphatic rings. The van der Waals surface area contributed by atoms with Crippen LogP contribution in [0.4, 0.5) is 0 Å². The summed E-state index contributed by atoms with van der Waals surface area (Å²) in [4.78, 5) is 21.6. The van der Waals surface area contributed by atoms with Crippen molar-refractivity contribution in [3.8, 4) is 0 Å². The van der Waals surface area contributed by atoms with E-state index in [1.54, 1.807) is 0 Å². The van der Waals surface area contributed by atoms with Crippen LogP contribution in [-0.2, 0) is 14.3 Å². The molecule has 0 heterocycles. The van der Waals surface area contributed by atoms with Crippen LogP contribution in [0.2, 0.25) is 0 Å². The summed E-state index contributed by atoms with van der Waals surface area (Å²) in [5.74, 6) is -0.708. The third kappa shape index (κ3) is 59.0. The third-order valence-corrected chi connectivity index (χ3v) is 14.5. The fourth-order valence-corrected chi connectivity index (χ4v) is 10.0. The van der Waals surface area contributed by atoms with E-state index in [0.717, 1.165) is 19.3 Å². The summed E-state index contributed by atoms with van der Waals surface area (Å²) in [6.07, 6.45) is 78.5. The number of esters is 1. The van der Waals surface area contributed by atoms with Crippen molar-refractivity contribution in [3.05, 3.63) is 0 Å². The van der Waals surface area contributed by atoms with Crippen LogP contribution in [0, 0.1) is 0 Å². The number of hydrogen-bond donors (Lipinski definition) is 1. The Bertz CT molecular complexity index is 872. The summed E-state index contributed by atoms with van der Waals surface area (Å²) in [5.41, 5.74) is 0. The molecule has 0 aliphatic carbocycles. The summed E-state index contributed by atoms with van der Waals surface area (Å²) in [6, 6.07) is 0. The Morgan fingerprint density at radius 3 is 0.438 bits per heavy atom. The van der Waals surface area contributed by atoms with Crippen LogP contribution in [0.5, 0.6) is 0 Å². The second-order valence-corrected chi connectivity index (χ2v) is 20.9. The highest BCUT2D eigenvalue weighted by atomic mass is 16.5. The lowest BCUT2D eigenvalue weighted by Crippen LogP contribution is -1.99. The van der Waals surface area contributed by atoms with Gasteiger partial charge in [-0.3, -0.25) is 9.59 Å². The van der Waals surface area contributed by atoms with Gasteiger partial charge in [-0.2, -0.15) is 0 Å². The highest BCUT2D eigenvalue weighted by Crippen LogP contribution is 2.19. The van der Waals surface area contributed by atoms with Gasteiger partial charge in [-0.05, 0) is 12.8 Å². The van der Waals surface area contributed by atoms with Crippen LogP contribution in [0.25, 0.3) is 0 Å². The number of carbonyl (C=O) groups excluding carboxylic acids is 1. The lowest BCUT2D eigenvalue weighted by Gasteiger charge is -2.05. The summed E-state index contributed by atoms with van der Waals surface area (Å²) < 4.78 is 4.70. The molecule has 0 unspecified atom stereocenters. The van der Waals surface area contributed by atoms with E-state index in [4.69, 9.17) is 9.84 Å². The van der Waals surface area contributed by atoms with Gasteiger partial charge in [0.05, 0.1) is 7.11 Å². The second-order valence-electron chi connectivity index (χ2n) is 20.9. The number of carboxylic acid groups (broad SMARTS) is 1. The minimum atomic E-state index is -0.647. The molecule has 1 N–H and O–H groups in total. The summed E-state index contributed by atoms with van der Waals surface area (Å²) in [5, 5.41) is 8.68. The van der Waals surface area contributed by atoms with Gasteiger partial charge in [0.2, 0.25) is 0 Å². The van der Waals surface area contributed by atoms with Gasteiger partial charge in [0.15, 0.2) is 0 Å². The molecule has 0 saturated heterocycles. The zero-order chi connectivity index (χ0) is 46.2. The SMILES string of the molecule is COC(=O)CCCCCCCCCCCCCCCCCCCCCCCCCCCCCCCCCCCCCCCCCCCCCCCCCCCCCCCCCC(=O)O. The maximum atomic E-state index is 11.1. The smallest absolute Gasteiger partial charge is 0.305 e. The molecule has 64 heavy (non-hydrogen) atoms. The quantitative estimate of drug-likeness (QED) is 0.0488. The van der Waals surface area contributed by atoms with Crippen molar-refractivity contribution in [1.29, 1.82) is 0 Å². The van der Waals surface area contributed by atoms with Gasteiger partial charge < -0.3 is 9.84 Å². The predicted octanol–water partition coefficient (Wildman–Crippen LogP) is 21.5. The summed E-state index contributed by atoms with van der Waals surface area (Å²) in [7, 11) is 1.48. The first-order chi connectivity index (χ1) is 31.7. The van der Waals surface area contributed by atoms with E-state index < -0.39 is 5.97 Å². The van der Waals surface area contributed by atoms with Crippen molar-refractivity contribution in [2.45, 2.75) is 366 Å². The zero-order valence-electron chi connectivity index (χ0n) is 44.0. The monoisotopic (exact) mass is 903 g/mol. The third-order valence-electron chi connectivity index (χ3n) is 14.5. The molecule has 0 spiro atoms. The predicted molar refractivity (Wildman–Crippen MR) is 283 cm³/mol. The fraction of sp³-hybridized carbons (Fsp3) is 0.967. The maximum Gasteiger partial charge on any atom is 0.305 e. The first kappa shape index (κ1) is 62.9. The second kappa shape index (κ2) is 58.1. The average Bonchev–Trinajstić information content (AvgIpc) is 3.29. The molecule has 0 radical (unpaired) electrons. The molecular formula is C60H118O4. The molecule has 0 rings (SSSR count). The number of unbranched alkanes of at least 4 members (excludes halogenated alkanes) is 54. The molecule has 0 aromatic rings. The van der Waals surface area contributed by atoms with Crippen LogP contribution in [0.1, 0.15) is 366 Å². The summed E-state index contributed by atoms with van der Waals surface area (Å²) in [6.45, 7) is 0. The van der Waals surface area contributed by atoms with E-state index in [1.807, 2.05) is 0 Å². The Morgan fingerprint density at radius 2 is 0.328 bits per heavy atom. The van der Waals surface area contributed by atoms with Crippen molar-refractivity contribution in [2.24, 2.45) is 0 Å². The minimum absolute atomic E-state index is 0.0601. The Balaban J connectivity index is 3.08. The number of hydrogen-bond acceptors (Lipinski definition) is 3. The Labute approximate surface area is 403 Å². The molecule has 0 aromatic carbocycles. The van der Waals surface area contributed by atoms with Gasteiger partial charge >= 0.3 is 11.9 Å². The Hall–Kier alpha value is -1.06. The normalized spacial score (nSPS) is 11.5. The van der Waals surface area contributed by atoms with Gasteiger partial charge in [0, 0.05) is 12.8 Å². The maximum absolute atomic E-state index is 11.1. The van der Waals surface area contributed by atoms with E-state index in [-0.39, 0.29) is 5.97 Å². The number of carbonyl (C=O) groups is 2. The van der Waals surface area contributed by atoms with Gasteiger partial charge in [-0.15, -0.1) is 0 Å². The van der Waals surface area contributed by atoms with E-state index in [2.05, 4.69) is 0 Å². The molecule has 4 nitrogen and oxygen atoms in total. The number of carboxylic acids is 1. The van der Waals surface area contributed by atoms with Crippen molar-refractivity contribution < 1.29 is 19.4 Å². The van der Waals surface area contributed by atoms with Crippen LogP contribution in [-0.4, -0.2) is 24.2 Å². The van der Waals surface area contributed by atoms with Crippen LogP contribution >= 0.6 is 0 Å². The number of methoxy groups -OCH3 is 1. The molecule has 4 heteroatoms. The molecule has 0 saturated carbocycles. The van der Waals surface area contributed by atoms with Crippen molar-refractivity contribution in [3.63, 3.8) is 0 Å². The van der Waals surface area contributed by atoms with Crippen LogP contribution in [0.3, 0.4) is 0 Å². The molecule has 0 atom stereocenters. The van der Waals surface area contributed by atoms with E-state index in [1.165, 1.54) is 341 Å². The lowest BCUT2D eigenvalue weighted by molar-refractivity contribution is -0.141. The fourth-order valence-electron chi connectivity index (χ4n) is 10.0. The summed E-state index contributed by atoms with van der Waals surface area (Å²) >= 11 is 0. The molecule has 0 aliphatic heterocycles. The topological polar surface area (TPSA) is 63.6 Å². The van der Waals surface area contributed by atoms with E-state index in [9.17, 15) is 9.59 Å². The molecule has 0 aromatic heterocycles. The van der Waals surface area contributed by atoms with Gasteiger partial charge in [-0.1, -0.05) is 340 Å². The highest BCUT2D eigenvalue weighted by Gasteiger charge is 2.02. The Kier molecular flexibility index (Phi) is 57.1. The number of rotatable bonds is 58. The lowest BCUT2D eigenvalue weighted by atomic mass is 10.0. The Morgan fingerprint density at radius 1 is 0.219 bits per heavy atom. The van der Waals surface area contributed by atoms with Crippen LogP contribution in [0.15, 0.2) is 0 Å². The van der Waals surface area contributed by atoms with Gasteiger partial charge in [0.1, 0.15) is 0 Å². The first-order valence-electron chi connectivity index (χ1n) is 30.0. The van der Waals surface area contributed by atoms with E-state index >= 15 is 0 Å². The average molecular weight is 904 g/mol. The largest absolute Gasteiger partial charge is 0.481 e. The van der Waals surface area contributed by atoms with Crippen molar-refractivity contribution in [1.82, 2.24) is 0 Å². The molecule has 0 fully saturated rings. The van der Waals surface area contributed by atoms with E-state index in [0.29, 0.717) is 12.8 Å². The van der Waals surface area contributed by atoms with Crippen molar-refractivity contribution in [2.75, 3.05) is 7.11 Å². The van der Waals surface area contributed by atoms with Crippen LogP contribution < -0.4 is 0 Å². The van der Waals surface area contributed by atoms with Crippen molar-refractivity contribution >= 4 is 11.9 Å².